The van der Waals surface area contributed by atoms with Gasteiger partial charge in [-0.05, 0) is 13.8 Å². The number of nitrogens with zero attached hydrogens (tertiary/aromatic N) is 3. The van der Waals surface area contributed by atoms with Gasteiger partial charge in [-0.25, -0.2) is 4.98 Å². The van der Waals surface area contributed by atoms with Gasteiger partial charge in [0.05, 0.1) is 11.9 Å². The van der Waals surface area contributed by atoms with Gasteiger partial charge in [0, 0.05) is 39.0 Å². The lowest BCUT2D eigenvalue weighted by atomic mass is 10.1. The van der Waals surface area contributed by atoms with E-state index in [2.05, 4.69) is 4.98 Å². The summed E-state index contributed by atoms with van der Waals surface area (Å²) in [7, 11) is 1.70. The van der Waals surface area contributed by atoms with Crippen LogP contribution >= 0.6 is 0 Å². The molecule has 0 spiro atoms. The highest BCUT2D eigenvalue weighted by atomic mass is 16.3. The summed E-state index contributed by atoms with van der Waals surface area (Å²) < 4.78 is 1.86. The number of aliphatic hydroxyl groups is 1. The van der Waals surface area contributed by atoms with Crippen LogP contribution in [0.15, 0.2) is 18.7 Å². The van der Waals surface area contributed by atoms with Gasteiger partial charge in [-0.1, -0.05) is 0 Å². The average molecular weight is 225 g/mol. The third-order valence-electron chi connectivity index (χ3n) is 2.19. The van der Waals surface area contributed by atoms with Crippen LogP contribution in [0.5, 0.6) is 0 Å². The molecule has 0 atom stereocenters. The van der Waals surface area contributed by atoms with E-state index in [0.717, 1.165) is 0 Å². The van der Waals surface area contributed by atoms with Crippen molar-refractivity contribution in [3.8, 4) is 0 Å². The number of amides is 1. The second kappa shape index (κ2) is 5.12. The molecule has 5 nitrogen and oxygen atoms in total. The van der Waals surface area contributed by atoms with Crippen molar-refractivity contribution in [1.82, 2.24) is 14.5 Å². The van der Waals surface area contributed by atoms with Crippen molar-refractivity contribution >= 4 is 5.91 Å². The van der Waals surface area contributed by atoms with E-state index >= 15 is 0 Å². The molecule has 0 aliphatic carbocycles. The number of carbonyl (C=O) groups excluding carboxylic acids is 1. The Bertz CT molecular complexity index is 327. The lowest BCUT2D eigenvalue weighted by molar-refractivity contribution is -0.132. The highest BCUT2D eigenvalue weighted by Crippen LogP contribution is 2.05. The molecule has 16 heavy (non-hydrogen) atoms. The number of hydrogen-bond donors (Lipinski definition) is 1. The van der Waals surface area contributed by atoms with Gasteiger partial charge in [0.15, 0.2) is 0 Å². The van der Waals surface area contributed by atoms with Crippen LogP contribution in [-0.2, 0) is 11.3 Å². The van der Waals surface area contributed by atoms with Gasteiger partial charge >= 0.3 is 0 Å². The summed E-state index contributed by atoms with van der Waals surface area (Å²) in [4.78, 5) is 17.2. The molecular weight excluding hydrogens is 206 g/mol. The Balaban J connectivity index is 2.35. The van der Waals surface area contributed by atoms with Crippen molar-refractivity contribution in [2.75, 3.05) is 13.6 Å². The molecule has 0 saturated heterocycles. The first kappa shape index (κ1) is 12.7. The maximum absolute atomic E-state index is 11.7. The van der Waals surface area contributed by atoms with E-state index in [4.69, 9.17) is 0 Å². The SMILES string of the molecule is CN(CC(C)(C)O)C(=O)CCn1ccnc1. The first-order valence-corrected chi connectivity index (χ1v) is 5.30. The summed E-state index contributed by atoms with van der Waals surface area (Å²) in [5.74, 6) is 0.0239. The standard InChI is InChI=1S/C11H19N3O2/c1-11(2,16)8-13(3)10(15)4-6-14-7-5-12-9-14/h5,7,9,16H,4,6,8H2,1-3H3. The fourth-order valence-electron chi connectivity index (χ4n) is 1.50. The van der Waals surface area contributed by atoms with Crippen LogP contribution in [0.1, 0.15) is 20.3 Å². The molecule has 1 N–H and O–H groups in total. The first-order valence-electron chi connectivity index (χ1n) is 5.30. The van der Waals surface area contributed by atoms with Crippen LogP contribution in [0.2, 0.25) is 0 Å². The molecule has 0 bridgehead atoms. The Morgan fingerprint density at radius 3 is 2.75 bits per heavy atom. The number of aryl methyl sites for hydroxylation is 1. The second-order valence-electron chi connectivity index (χ2n) is 4.61. The van der Waals surface area contributed by atoms with Gasteiger partial charge in [-0.2, -0.15) is 0 Å². The summed E-state index contributed by atoms with van der Waals surface area (Å²) in [5, 5.41) is 9.58. The van der Waals surface area contributed by atoms with Crippen molar-refractivity contribution in [3.05, 3.63) is 18.7 Å². The van der Waals surface area contributed by atoms with E-state index in [0.29, 0.717) is 19.5 Å². The molecule has 0 aliphatic rings. The van der Waals surface area contributed by atoms with Crippen LogP contribution in [0, 0.1) is 0 Å². The van der Waals surface area contributed by atoms with Crippen LogP contribution < -0.4 is 0 Å². The molecular formula is C11H19N3O2. The van der Waals surface area contributed by atoms with Crippen molar-refractivity contribution in [3.63, 3.8) is 0 Å². The molecule has 1 amide bonds. The van der Waals surface area contributed by atoms with Crippen molar-refractivity contribution in [2.45, 2.75) is 32.4 Å². The third kappa shape index (κ3) is 4.44. The Morgan fingerprint density at radius 1 is 1.56 bits per heavy atom. The summed E-state index contributed by atoms with van der Waals surface area (Å²) in [6, 6.07) is 0. The summed E-state index contributed by atoms with van der Waals surface area (Å²) in [6.07, 6.45) is 5.61. The lowest BCUT2D eigenvalue weighted by Gasteiger charge is -2.25. The molecule has 0 saturated carbocycles. The fourth-order valence-corrected chi connectivity index (χ4v) is 1.50. The Hall–Kier alpha value is -1.36. The molecule has 1 aromatic rings. The van der Waals surface area contributed by atoms with E-state index in [9.17, 15) is 9.90 Å². The lowest BCUT2D eigenvalue weighted by Crippen LogP contribution is -2.39. The highest BCUT2D eigenvalue weighted by Gasteiger charge is 2.18. The molecule has 1 heterocycles. The Labute approximate surface area is 95.7 Å². The van der Waals surface area contributed by atoms with Gasteiger partial charge in [-0.15, -0.1) is 0 Å². The topological polar surface area (TPSA) is 58.4 Å². The van der Waals surface area contributed by atoms with Crippen molar-refractivity contribution < 1.29 is 9.90 Å². The molecule has 0 aliphatic heterocycles. The first-order chi connectivity index (χ1) is 7.38. The monoisotopic (exact) mass is 225 g/mol. The maximum Gasteiger partial charge on any atom is 0.224 e. The fraction of sp³-hybridized carbons (Fsp3) is 0.636. The second-order valence-corrected chi connectivity index (χ2v) is 4.61. The predicted molar refractivity (Wildman–Crippen MR) is 60.8 cm³/mol. The quantitative estimate of drug-likeness (QED) is 0.794. The van der Waals surface area contributed by atoms with Crippen LogP contribution in [0.4, 0.5) is 0 Å². The van der Waals surface area contributed by atoms with Crippen LogP contribution in [0.25, 0.3) is 0 Å². The largest absolute Gasteiger partial charge is 0.389 e. The molecule has 1 aromatic heterocycles. The molecule has 1 rings (SSSR count). The van der Waals surface area contributed by atoms with Crippen LogP contribution in [-0.4, -0.2) is 44.7 Å². The molecule has 90 valence electrons. The zero-order valence-electron chi connectivity index (χ0n) is 10.1. The van der Waals surface area contributed by atoms with E-state index in [1.54, 1.807) is 38.3 Å². The average Bonchev–Trinajstić information content (AvgIpc) is 2.63. The Morgan fingerprint density at radius 2 is 2.25 bits per heavy atom. The molecule has 0 unspecified atom stereocenters. The highest BCUT2D eigenvalue weighted by molar-refractivity contribution is 5.75. The minimum atomic E-state index is -0.848. The van der Waals surface area contributed by atoms with E-state index in [1.165, 1.54) is 0 Å². The van der Waals surface area contributed by atoms with Gasteiger partial charge in [0.2, 0.25) is 5.91 Å². The zero-order valence-corrected chi connectivity index (χ0v) is 10.1. The molecule has 0 fully saturated rings. The van der Waals surface area contributed by atoms with E-state index < -0.39 is 5.60 Å². The van der Waals surface area contributed by atoms with Crippen LogP contribution in [0.3, 0.4) is 0 Å². The number of hydrogen-bond acceptors (Lipinski definition) is 3. The Kier molecular flexibility index (Phi) is 4.06. The van der Waals surface area contributed by atoms with Gasteiger partial charge in [-0.3, -0.25) is 4.79 Å². The van der Waals surface area contributed by atoms with E-state index in [1.807, 2.05) is 10.8 Å². The van der Waals surface area contributed by atoms with Gasteiger partial charge in [0.25, 0.3) is 0 Å². The number of aromatic nitrogens is 2. The minimum absolute atomic E-state index is 0.0239. The zero-order chi connectivity index (χ0) is 12.2. The molecule has 0 radical (unpaired) electrons. The summed E-state index contributed by atoms with van der Waals surface area (Å²) in [6.45, 7) is 4.34. The van der Waals surface area contributed by atoms with Gasteiger partial charge in [0.1, 0.15) is 0 Å². The minimum Gasteiger partial charge on any atom is -0.389 e. The number of imidazole rings is 1. The molecule has 0 aromatic carbocycles. The third-order valence-corrected chi connectivity index (χ3v) is 2.19. The number of likely N-dealkylation sites (N-methyl/N-ethyl adjacent to an activating group) is 1. The number of rotatable bonds is 5. The van der Waals surface area contributed by atoms with E-state index in [-0.39, 0.29) is 5.91 Å². The number of carbonyl (C=O) groups is 1. The summed E-state index contributed by atoms with van der Waals surface area (Å²) in [5.41, 5.74) is -0.848. The summed E-state index contributed by atoms with van der Waals surface area (Å²) >= 11 is 0. The molecule has 5 heteroatoms. The normalized spacial score (nSPS) is 11.5. The van der Waals surface area contributed by atoms with Crippen molar-refractivity contribution in [2.24, 2.45) is 0 Å². The van der Waals surface area contributed by atoms with Gasteiger partial charge < -0.3 is 14.6 Å². The van der Waals surface area contributed by atoms with Crippen molar-refractivity contribution in [1.29, 1.82) is 0 Å². The smallest absolute Gasteiger partial charge is 0.224 e. The predicted octanol–water partition coefficient (Wildman–Crippen LogP) is 0.502. The maximum atomic E-state index is 11.7.